The number of carboxylic acids is 1. The molecule has 6 heteroatoms. The summed E-state index contributed by atoms with van der Waals surface area (Å²) in [5.41, 5.74) is -0.204. The minimum Gasteiger partial charge on any atom is -0.481 e. The Labute approximate surface area is 113 Å². The SMILES string of the molecule is CC(Oc1cccc(F)c1C#N)c1ccc(C(=O)O)o1. The Balaban J connectivity index is 2.23. The number of ether oxygens (including phenoxy) is 1. The zero-order chi connectivity index (χ0) is 14.7. The van der Waals surface area contributed by atoms with E-state index in [1.54, 1.807) is 13.0 Å². The van der Waals surface area contributed by atoms with Gasteiger partial charge in [0.05, 0.1) is 0 Å². The van der Waals surface area contributed by atoms with Crippen LogP contribution in [0.2, 0.25) is 0 Å². The second-order valence-electron chi connectivity index (χ2n) is 3.99. The number of nitriles is 1. The maximum absolute atomic E-state index is 13.4. The summed E-state index contributed by atoms with van der Waals surface area (Å²) in [5.74, 6) is -1.73. The second-order valence-corrected chi connectivity index (χ2v) is 3.99. The Morgan fingerprint density at radius 3 is 2.80 bits per heavy atom. The molecule has 0 bridgehead atoms. The van der Waals surface area contributed by atoms with Crippen LogP contribution in [0.25, 0.3) is 0 Å². The fraction of sp³-hybridized carbons (Fsp3) is 0.143. The lowest BCUT2D eigenvalue weighted by molar-refractivity contribution is 0.0655. The Bertz CT molecular complexity index is 687. The first kappa shape index (κ1) is 13.6. The molecule has 0 radical (unpaired) electrons. The first-order chi connectivity index (χ1) is 9.52. The van der Waals surface area contributed by atoms with E-state index in [1.807, 2.05) is 0 Å². The van der Waals surface area contributed by atoms with Gasteiger partial charge in [0.25, 0.3) is 0 Å². The van der Waals surface area contributed by atoms with Gasteiger partial charge in [0, 0.05) is 0 Å². The molecule has 0 aliphatic rings. The number of carboxylic acid groups (broad SMARTS) is 1. The van der Waals surface area contributed by atoms with Crippen LogP contribution >= 0.6 is 0 Å². The van der Waals surface area contributed by atoms with Crippen molar-refractivity contribution in [1.82, 2.24) is 0 Å². The highest BCUT2D eigenvalue weighted by Gasteiger charge is 2.18. The van der Waals surface area contributed by atoms with E-state index in [1.165, 1.54) is 24.3 Å². The molecule has 1 aromatic carbocycles. The average molecular weight is 275 g/mol. The van der Waals surface area contributed by atoms with Crippen molar-refractivity contribution in [2.24, 2.45) is 0 Å². The number of rotatable bonds is 4. The predicted octanol–water partition coefficient (Wildman–Crippen LogP) is 3.13. The van der Waals surface area contributed by atoms with Gasteiger partial charge in [-0.25, -0.2) is 9.18 Å². The number of aromatic carboxylic acids is 1. The van der Waals surface area contributed by atoms with Gasteiger partial charge in [-0.2, -0.15) is 5.26 Å². The van der Waals surface area contributed by atoms with Gasteiger partial charge in [-0.1, -0.05) is 6.07 Å². The monoisotopic (exact) mass is 275 g/mol. The van der Waals surface area contributed by atoms with Gasteiger partial charge in [-0.3, -0.25) is 0 Å². The van der Waals surface area contributed by atoms with Gasteiger partial charge in [0.1, 0.15) is 29.0 Å². The fourth-order valence-electron chi connectivity index (χ4n) is 1.65. The molecule has 2 aromatic rings. The van der Waals surface area contributed by atoms with Gasteiger partial charge >= 0.3 is 5.97 Å². The molecule has 2 rings (SSSR count). The van der Waals surface area contributed by atoms with E-state index >= 15 is 0 Å². The number of halogens is 1. The highest BCUT2D eigenvalue weighted by atomic mass is 19.1. The molecule has 102 valence electrons. The van der Waals surface area contributed by atoms with E-state index in [4.69, 9.17) is 19.5 Å². The topological polar surface area (TPSA) is 83.5 Å². The van der Waals surface area contributed by atoms with Gasteiger partial charge in [0.2, 0.25) is 5.76 Å². The molecule has 1 atom stereocenters. The molecular formula is C14H10FNO4. The summed E-state index contributed by atoms with van der Waals surface area (Å²) in [6, 6.07) is 8.51. The standard InChI is InChI=1S/C14H10FNO4/c1-8(11-5-6-13(20-11)14(17)18)19-12-4-2-3-10(15)9(12)7-16/h2-6,8H,1H3,(H,17,18). The molecule has 0 aliphatic heterocycles. The zero-order valence-electron chi connectivity index (χ0n) is 10.5. The van der Waals surface area contributed by atoms with Crippen LogP contribution in [0.5, 0.6) is 5.75 Å². The molecule has 0 amide bonds. The van der Waals surface area contributed by atoms with Crippen molar-refractivity contribution in [3.63, 3.8) is 0 Å². The van der Waals surface area contributed by atoms with Gasteiger partial charge in [-0.05, 0) is 31.2 Å². The van der Waals surface area contributed by atoms with Crippen molar-refractivity contribution in [1.29, 1.82) is 5.26 Å². The quantitative estimate of drug-likeness (QED) is 0.926. The maximum Gasteiger partial charge on any atom is 0.371 e. The lowest BCUT2D eigenvalue weighted by Crippen LogP contribution is -2.04. The van der Waals surface area contributed by atoms with Crippen LogP contribution < -0.4 is 4.74 Å². The van der Waals surface area contributed by atoms with E-state index in [0.29, 0.717) is 0 Å². The summed E-state index contributed by atoms with van der Waals surface area (Å²) in [6.07, 6.45) is -0.656. The fourth-order valence-corrected chi connectivity index (χ4v) is 1.65. The van der Waals surface area contributed by atoms with E-state index in [2.05, 4.69) is 0 Å². The van der Waals surface area contributed by atoms with E-state index < -0.39 is 17.9 Å². The number of hydrogen-bond acceptors (Lipinski definition) is 4. The summed E-state index contributed by atoms with van der Waals surface area (Å²) >= 11 is 0. The lowest BCUT2D eigenvalue weighted by atomic mass is 10.2. The van der Waals surface area contributed by atoms with Crippen LogP contribution in [-0.4, -0.2) is 11.1 Å². The third-order valence-electron chi connectivity index (χ3n) is 2.63. The normalized spacial score (nSPS) is 11.7. The van der Waals surface area contributed by atoms with E-state index in [-0.39, 0.29) is 22.8 Å². The minimum absolute atomic E-state index is 0.0771. The van der Waals surface area contributed by atoms with E-state index in [9.17, 15) is 9.18 Å². The summed E-state index contributed by atoms with van der Waals surface area (Å²) < 4.78 is 23.9. The van der Waals surface area contributed by atoms with Crippen molar-refractivity contribution in [2.75, 3.05) is 0 Å². The summed E-state index contributed by atoms with van der Waals surface area (Å²) in [5, 5.41) is 17.6. The van der Waals surface area contributed by atoms with Crippen molar-refractivity contribution >= 4 is 5.97 Å². The molecule has 5 nitrogen and oxygen atoms in total. The molecule has 1 aromatic heterocycles. The molecule has 0 saturated heterocycles. The van der Waals surface area contributed by atoms with Crippen molar-refractivity contribution < 1.29 is 23.4 Å². The van der Waals surface area contributed by atoms with Crippen LogP contribution in [0.1, 0.15) is 34.9 Å². The third kappa shape index (κ3) is 2.62. The summed E-state index contributed by atoms with van der Waals surface area (Å²) in [4.78, 5) is 10.7. The first-order valence-electron chi connectivity index (χ1n) is 5.71. The van der Waals surface area contributed by atoms with E-state index in [0.717, 1.165) is 6.07 Å². The Morgan fingerprint density at radius 1 is 1.45 bits per heavy atom. The molecule has 0 fully saturated rings. The molecule has 1 unspecified atom stereocenters. The predicted molar refractivity (Wildman–Crippen MR) is 65.8 cm³/mol. The molecule has 1 heterocycles. The molecule has 1 N–H and O–H groups in total. The number of nitrogens with zero attached hydrogens (tertiary/aromatic N) is 1. The molecule has 20 heavy (non-hydrogen) atoms. The summed E-state index contributed by atoms with van der Waals surface area (Å²) in [7, 11) is 0. The third-order valence-corrected chi connectivity index (χ3v) is 2.63. The van der Waals surface area contributed by atoms with Crippen molar-refractivity contribution in [3.8, 4) is 11.8 Å². The smallest absolute Gasteiger partial charge is 0.371 e. The lowest BCUT2D eigenvalue weighted by Gasteiger charge is -2.13. The Hall–Kier alpha value is -2.81. The second kappa shape index (κ2) is 5.45. The Morgan fingerprint density at radius 2 is 2.20 bits per heavy atom. The van der Waals surface area contributed by atoms with Crippen molar-refractivity contribution in [3.05, 3.63) is 53.2 Å². The molecule has 0 aliphatic carbocycles. The van der Waals surface area contributed by atoms with Crippen LogP contribution in [-0.2, 0) is 0 Å². The number of furan rings is 1. The van der Waals surface area contributed by atoms with Crippen molar-refractivity contribution in [2.45, 2.75) is 13.0 Å². The van der Waals surface area contributed by atoms with Gasteiger partial charge in [-0.15, -0.1) is 0 Å². The minimum atomic E-state index is -1.19. The average Bonchev–Trinajstić information content (AvgIpc) is 2.89. The maximum atomic E-state index is 13.4. The molecule has 0 spiro atoms. The molecule has 0 saturated carbocycles. The number of benzene rings is 1. The number of hydrogen-bond donors (Lipinski definition) is 1. The van der Waals surface area contributed by atoms with Crippen LogP contribution in [0.4, 0.5) is 4.39 Å². The van der Waals surface area contributed by atoms with Crippen LogP contribution in [0, 0.1) is 17.1 Å². The van der Waals surface area contributed by atoms with Gasteiger partial charge < -0.3 is 14.3 Å². The van der Waals surface area contributed by atoms with Gasteiger partial charge in [0.15, 0.2) is 6.10 Å². The summed E-state index contributed by atoms with van der Waals surface area (Å²) in [6.45, 7) is 1.61. The zero-order valence-corrected chi connectivity index (χ0v) is 10.5. The van der Waals surface area contributed by atoms with Crippen LogP contribution in [0.15, 0.2) is 34.7 Å². The first-order valence-corrected chi connectivity index (χ1v) is 5.71. The Kier molecular flexibility index (Phi) is 3.71. The highest BCUT2D eigenvalue weighted by molar-refractivity contribution is 5.84. The molecular weight excluding hydrogens is 265 g/mol. The largest absolute Gasteiger partial charge is 0.481 e. The number of carbonyl (C=O) groups is 1. The highest BCUT2D eigenvalue weighted by Crippen LogP contribution is 2.27. The van der Waals surface area contributed by atoms with Crippen LogP contribution in [0.3, 0.4) is 0 Å².